The average molecular weight is 388 g/mol. The van der Waals surface area contributed by atoms with Crippen molar-refractivity contribution in [2.75, 3.05) is 0 Å². The Hall–Kier alpha value is -2.47. The molecule has 1 aliphatic heterocycles. The largest absolute Gasteiger partial charge is 0.506 e. The number of phenolic OH excluding ortho intramolecular Hbond substituents is 1. The van der Waals surface area contributed by atoms with Gasteiger partial charge >= 0.3 is 6.03 Å². The summed E-state index contributed by atoms with van der Waals surface area (Å²) in [7, 11) is 0. The summed E-state index contributed by atoms with van der Waals surface area (Å²) >= 11 is 6.07. The molecule has 1 atom stereocenters. The van der Waals surface area contributed by atoms with Crippen LogP contribution in [0.3, 0.4) is 0 Å². The van der Waals surface area contributed by atoms with Gasteiger partial charge in [-0.05, 0) is 37.5 Å². The van der Waals surface area contributed by atoms with Crippen LogP contribution in [0.15, 0.2) is 34.6 Å². The quantitative estimate of drug-likeness (QED) is 0.701. The first-order valence-corrected chi connectivity index (χ1v) is 9.63. The number of nitrogens with one attached hydrogen (secondary N) is 2. The number of oxazole rings is 1. The predicted molar refractivity (Wildman–Crippen MR) is 102 cm³/mol. The molecule has 0 radical (unpaired) electrons. The Balaban J connectivity index is 1.71. The van der Waals surface area contributed by atoms with Crippen molar-refractivity contribution in [1.82, 2.24) is 15.6 Å². The Labute approximate surface area is 162 Å². The number of carbonyl (C=O) groups is 1. The molecule has 2 amide bonds. The number of aromatic hydroxyl groups is 1. The smallest absolute Gasteiger partial charge is 0.319 e. The van der Waals surface area contributed by atoms with E-state index < -0.39 is 6.04 Å². The Morgan fingerprint density at radius 2 is 2.04 bits per heavy atom. The van der Waals surface area contributed by atoms with Crippen molar-refractivity contribution in [3.05, 3.63) is 52.3 Å². The molecule has 0 spiro atoms. The van der Waals surface area contributed by atoms with Crippen molar-refractivity contribution in [3.8, 4) is 5.75 Å². The summed E-state index contributed by atoms with van der Waals surface area (Å²) in [5.74, 6) is 0.929. The summed E-state index contributed by atoms with van der Waals surface area (Å²) in [4.78, 5) is 16.8. The van der Waals surface area contributed by atoms with Gasteiger partial charge in [0.05, 0.1) is 22.3 Å². The molecule has 142 valence electrons. The molecule has 0 saturated heterocycles. The third kappa shape index (κ3) is 3.54. The predicted octanol–water partition coefficient (Wildman–Crippen LogP) is 4.87. The lowest BCUT2D eigenvalue weighted by molar-refractivity contribution is 0.240. The van der Waals surface area contributed by atoms with Gasteiger partial charge in [-0.1, -0.05) is 36.9 Å². The van der Waals surface area contributed by atoms with Crippen LogP contribution in [0.4, 0.5) is 4.79 Å². The highest BCUT2D eigenvalue weighted by atomic mass is 35.5. The molecule has 4 rings (SSSR count). The maximum absolute atomic E-state index is 12.0. The van der Waals surface area contributed by atoms with Gasteiger partial charge in [0.15, 0.2) is 0 Å². The van der Waals surface area contributed by atoms with Crippen molar-refractivity contribution in [3.63, 3.8) is 0 Å². The molecular weight excluding hydrogens is 366 g/mol. The van der Waals surface area contributed by atoms with E-state index in [0.717, 1.165) is 29.7 Å². The highest BCUT2D eigenvalue weighted by molar-refractivity contribution is 6.32. The lowest BCUT2D eigenvalue weighted by Crippen LogP contribution is -2.43. The lowest BCUT2D eigenvalue weighted by Gasteiger charge is -2.28. The molecule has 1 aliphatic carbocycles. The Morgan fingerprint density at radius 3 is 2.78 bits per heavy atom. The zero-order valence-electron chi connectivity index (χ0n) is 15.1. The molecule has 1 saturated carbocycles. The first-order valence-electron chi connectivity index (χ1n) is 9.25. The third-order valence-corrected chi connectivity index (χ3v) is 5.65. The molecule has 0 bridgehead atoms. The highest BCUT2D eigenvalue weighted by Crippen LogP contribution is 2.38. The summed E-state index contributed by atoms with van der Waals surface area (Å²) in [6.45, 7) is 1.83. The van der Waals surface area contributed by atoms with E-state index in [1.807, 2.05) is 6.92 Å². The van der Waals surface area contributed by atoms with Crippen LogP contribution in [-0.4, -0.2) is 16.1 Å². The van der Waals surface area contributed by atoms with Crippen LogP contribution in [0.1, 0.15) is 68.1 Å². The van der Waals surface area contributed by atoms with Crippen molar-refractivity contribution in [1.29, 1.82) is 0 Å². The summed E-state index contributed by atoms with van der Waals surface area (Å²) in [5, 5.41) is 15.6. The Bertz CT molecular complexity index is 900. The zero-order valence-corrected chi connectivity index (χ0v) is 15.8. The van der Waals surface area contributed by atoms with Gasteiger partial charge < -0.3 is 20.2 Å². The number of rotatable bonds is 3. The topological polar surface area (TPSA) is 87.4 Å². The first-order chi connectivity index (χ1) is 13.0. The van der Waals surface area contributed by atoms with E-state index in [1.54, 1.807) is 18.4 Å². The molecule has 27 heavy (non-hydrogen) atoms. The number of hydrogen-bond donors (Lipinski definition) is 3. The summed E-state index contributed by atoms with van der Waals surface area (Å²) in [6.07, 6.45) is 7.74. The highest BCUT2D eigenvalue weighted by Gasteiger charge is 2.31. The number of urea groups is 1. The van der Waals surface area contributed by atoms with Crippen molar-refractivity contribution in [2.45, 2.75) is 51.0 Å². The van der Waals surface area contributed by atoms with Gasteiger partial charge in [0.2, 0.25) is 5.89 Å². The second kappa shape index (κ2) is 7.27. The summed E-state index contributed by atoms with van der Waals surface area (Å²) in [5.41, 5.74) is 3.17. The maximum Gasteiger partial charge on any atom is 0.319 e. The molecule has 1 unspecified atom stereocenters. The minimum absolute atomic E-state index is 0.00126. The monoisotopic (exact) mass is 387 g/mol. The Morgan fingerprint density at radius 1 is 1.26 bits per heavy atom. The SMILES string of the molecule is CC1=C(c2nc(C3CCCCC3)co2)C(c2ccc(O)c(Cl)c2)NC(=O)N1. The van der Waals surface area contributed by atoms with E-state index >= 15 is 0 Å². The van der Waals surface area contributed by atoms with E-state index in [-0.39, 0.29) is 16.8 Å². The second-order valence-electron chi connectivity index (χ2n) is 7.19. The number of amides is 2. The van der Waals surface area contributed by atoms with Crippen LogP contribution in [0.25, 0.3) is 5.57 Å². The molecule has 2 aliphatic rings. The average Bonchev–Trinajstić information content (AvgIpc) is 3.13. The van der Waals surface area contributed by atoms with Crippen molar-refractivity contribution < 1.29 is 14.3 Å². The van der Waals surface area contributed by atoms with Crippen LogP contribution in [-0.2, 0) is 0 Å². The fourth-order valence-electron chi connectivity index (χ4n) is 3.93. The van der Waals surface area contributed by atoms with Gasteiger partial charge in [-0.2, -0.15) is 0 Å². The number of benzene rings is 1. The zero-order chi connectivity index (χ0) is 19.0. The van der Waals surface area contributed by atoms with Crippen LogP contribution in [0, 0.1) is 0 Å². The van der Waals surface area contributed by atoms with Gasteiger partial charge in [0.1, 0.15) is 12.0 Å². The summed E-state index contributed by atoms with van der Waals surface area (Å²) in [6, 6.07) is 4.13. The third-order valence-electron chi connectivity index (χ3n) is 5.35. The van der Waals surface area contributed by atoms with Gasteiger partial charge in [0, 0.05) is 11.6 Å². The molecule has 7 heteroatoms. The number of nitrogens with zero attached hydrogens (tertiary/aromatic N) is 1. The van der Waals surface area contributed by atoms with E-state index in [2.05, 4.69) is 10.6 Å². The number of halogens is 1. The number of aromatic nitrogens is 1. The molecule has 1 fully saturated rings. The Kier molecular flexibility index (Phi) is 4.83. The normalized spacial score (nSPS) is 21.1. The van der Waals surface area contributed by atoms with Gasteiger partial charge in [-0.3, -0.25) is 0 Å². The minimum atomic E-state index is -0.463. The first kappa shape index (κ1) is 17.9. The van der Waals surface area contributed by atoms with Crippen LogP contribution < -0.4 is 10.6 Å². The van der Waals surface area contributed by atoms with Crippen molar-refractivity contribution >= 4 is 23.2 Å². The number of hydrogen-bond acceptors (Lipinski definition) is 4. The summed E-state index contributed by atoms with van der Waals surface area (Å²) < 4.78 is 5.83. The molecule has 1 aromatic carbocycles. The van der Waals surface area contributed by atoms with Crippen LogP contribution in [0.2, 0.25) is 5.02 Å². The maximum atomic E-state index is 12.0. The van der Waals surface area contributed by atoms with Crippen LogP contribution >= 0.6 is 11.6 Å². The van der Waals surface area contributed by atoms with E-state index in [9.17, 15) is 9.90 Å². The second-order valence-corrected chi connectivity index (χ2v) is 7.60. The van der Waals surface area contributed by atoms with Crippen molar-refractivity contribution in [2.24, 2.45) is 0 Å². The van der Waals surface area contributed by atoms with E-state index in [0.29, 0.717) is 17.5 Å². The molecule has 6 nitrogen and oxygen atoms in total. The fourth-order valence-corrected chi connectivity index (χ4v) is 4.11. The molecule has 2 aromatic rings. The fraction of sp³-hybridized carbons (Fsp3) is 0.400. The van der Waals surface area contributed by atoms with Gasteiger partial charge in [0.25, 0.3) is 0 Å². The van der Waals surface area contributed by atoms with Gasteiger partial charge in [-0.25, -0.2) is 9.78 Å². The van der Waals surface area contributed by atoms with E-state index in [4.69, 9.17) is 21.0 Å². The molecule has 1 aromatic heterocycles. The molecule has 3 N–H and O–H groups in total. The molecule has 2 heterocycles. The van der Waals surface area contributed by atoms with Crippen LogP contribution in [0.5, 0.6) is 5.75 Å². The standard InChI is InChI=1S/C20H22ClN3O3/c1-11-17(19-23-15(10-27-19)12-5-3-2-4-6-12)18(24-20(26)22-11)13-7-8-16(25)14(21)9-13/h7-10,12,18,25H,2-6H2,1H3,(H2,22,24,26). The minimum Gasteiger partial charge on any atom is -0.506 e. The lowest BCUT2D eigenvalue weighted by atomic mass is 9.87. The number of phenols is 1. The van der Waals surface area contributed by atoms with Gasteiger partial charge in [-0.15, -0.1) is 0 Å². The number of carbonyl (C=O) groups excluding carboxylic acids is 1. The van der Waals surface area contributed by atoms with E-state index in [1.165, 1.54) is 25.3 Å². The number of allylic oxidation sites excluding steroid dienone is 1. The molecular formula is C20H22ClN3O3.